The van der Waals surface area contributed by atoms with Gasteiger partial charge >= 0.3 is 0 Å². The van der Waals surface area contributed by atoms with E-state index in [1.807, 2.05) is 6.92 Å². The normalized spacial score (nSPS) is 18.3. The monoisotopic (exact) mass is 247 g/mol. The van der Waals surface area contributed by atoms with Gasteiger partial charge in [0.05, 0.1) is 13.2 Å². The first-order valence-electron chi connectivity index (χ1n) is 6.48. The van der Waals surface area contributed by atoms with Crippen LogP contribution in [-0.4, -0.2) is 25.2 Å². The molecule has 1 atom stereocenters. The predicted octanol–water partition coefficient (Wildman–Crippen LogP) is 1.66. The molecule has 4 nitrogen and oxygen atoms in total. The van der Waals surface area contributed by atoms with Gasteiger partial charge in [-0.25, -0.2) is 0 Å². The summed E-state index contributed by atoms with van der Waals surface area (Å²) in [4.78, 5) is 4.36. The van der Waals surface area contributed by atoms with Gasteiger partial charge in [0.1, 0.15) is 0 Å². The molecule has 1 heterocycles. The van der Waals surface area contributed by atoms with Crippen LogP contribution in [0.1, 0.15) is 25.0 Å². The topological polar surface area (TPSA) is 45.6 Å². The summed E-state index contributed by atoms with van der Waals surface area (Å²) >= 11 is 0. The minimum atomic E-state index is 0.445. The van der Waals surface area contributed by atoms with Gasteiger partial charge in [-0.2, -0.15) is 0 Å². The molecule has 0 fully saturated rings. The van der Waals surface area contributed by atoms with Crippen LogP contribution in [0.4, 0.5) is 0 Å². The summed E-state index contributed by atoms with van der Waals surface area (Å²) in [6, 6.07) is 8.92. The van der Waals surface area contributed by atoms with Crippen molar-refractivity contribution in [2.24, 2.45) is 4.99 Å². The highest BCUT2D eigenvalue weighted by Gasteiger charge is 2.11. The molecule has 0 saturated heterocycles. The van der Waals surface area contributed by atoms with Crippen molar-refractivity contribution in [1.29, 1.82) is 0 Å². The molecule has 0 amide bonds. The molecular formula is C14H21N3O. The highest BCUT2D eigenvalue weighted by Crippen LogP contribution is 2.06. The van der Waals surface area contributed by atoms with Gasteiger partial charge in [0, 0.05) is 19.2 Å². The van der Waals surface area contributed by atoms with Gasteiger partial charge in [-0.05, 0) is 25.0 Å². The van der Waals surface area contributed by atoms with Gasteiger partial charge in [0.25, 0.3) is 0 Å². The molecule has 0 bridgehead atoms. The molecule has 1 aliphatic heterocycles. The van der Waals surface area contributed by atoms with E-state index in [2.05, 4.69) is 46.8 Å². The van der Waals surface area contributed by atoms with E-state index in [-0.39, 0.29) is 0 Å². The van der Waals surface area contributed by atoms with Crippen LogP contribution in [0.5, 0.6) is 0 Å². The van der Waals surface area contributed by atoms with E-state index in [4.69, 9.17) is 4.74 Å². The van der Waals surface area contributed by atoms with E-state index >= 15 is 0 Å². The number of benzene rings is 1. The average molecular weight is 247 g/mol. The maximum absolute atomic E-state index is 5.37. The molecule has 0 aromatic heterocycles. The number of nitrogens with one attached hydrogen (secondary N) is 2. The van der Waals surface area contributed by atoms with E-state index in [0.717, 1.165) is 25.7 Å². The Balaban J connectivity index is 1.79. The second kappa shape index (κ2) is 6.40. The smallest absolute Gasteiger partial charge is 0.191 e. The molecule has 1 aromatic carbocycles. The van der Waals surface area contributed by atoms with Crippen LogP contribution in [0.15, 0.2) is 29.3 Å². The summed E-state index contributed by atoms with van der Waals surface area (Å²) in [5, 5.41) is 6.58. The number of hydrogen-bond donors (Lipinski definition) is 2. The molecule has 1 aliphatic rings. The zero-order valence-electron chi connectivity index (χ0n) is 11.1. The highest BCUT2D eigenvalue weighted by molar-refractivity contribution is 5.81. The molecule has 2 N–H and O–H groups in total. The molecule has 2 rings (SSSR count). The molecule has 0 saturated carbocycles. The lowest BCUT2D eigenvalue weighted by molar-refractivity contribution is 0.134. The first-order valence-corrected chi connectivity index (χ1v) is 6.48. The molecule has 0 radical (unpaired) electrons. The second-order valence-corrected chi connectivity index (χ2v) is 4.54. The maximum Gasteiger partial charge on any atom is 0.191 e. The third-order valence-corrected chi connectivity index (χ3v) is 2.86. The van der Waals surface area contributed by atoms with E-state index in [1.165, 1.54) is 11.1 Å². The number of guanidine groups is 1. The summed E-state index contributed by atoms with van der Waals surface area (Å²) in [7, 11) is 0. The number of aliphatic imine (C=N–C) groups is 1. The quantitative estimate of drug-likeness (QED) is 0.832. The minimum absolute atomic E-state index is 0.445. The third kappa shape index (κ3) is 3.74. The number of rotatable bonds is 5. The van der Waals surface area contributed by atoms with E-state index < -0.39 is 0 Å². The minimum Gasteiger partial charge on any atom is -0.377 e. The maximum atomic E-state index is 5.37. The van der Waals surface area contributed by atoms with Crippen molar-refractivity contribution in [2.45, 2.75) is 33.0 Å². The molecule has 4 heteroatoms. The van der Waals surface area contributed by atoms with Crippen molar-refractivity contribution >= 4 is 5.96 Å². The second-order valence-electron chi connectivity index (χ2n) is 4.54. The highest BCUT2D eigenvalue weighted by atomic mass is 16.5. The van der Waals surface area contributed by atoms with Crippen molar-refractivity contribution in [3.05, 3.63) is 35.4 Å². The average Bonchev–Trinajstić information content (AvgIpc) is 2.81. The lowest BCUT2D eigenvalue weighted by Crippen LogP contribution is -2.37. The molecule has 0 aliphatic carbocycles. The number of hydrogen-bond acceptors (Lipinski definition) is 4. The zero-order chi connectivity index (χ0) is 12.8. The van der Waals surface area contributed by atoms with Gasteiger partial charge in [0.2, 0.25) is 0 Å². The van der Waals surface area contributed by atoms with Crippen LogP contribution in [0.25, 0.3) is 0 Å². The summed E-state index contributed by atoms with van der Waals surface area (Å²) in [5.74, 6) is 0.904. The van der Waals surface area contributed by atoms with Crippen molar-refractivity contribution in [3.63, 3.8) is 0 Å². The fourth-order valence-corrected chi connectivity index (χ4v) is 1.82. The molecule has 0 spiro atoms. The van der Waals surface area contributed by atoms with Gasteiger partial charge in [-0.1, -0.05) is 24.3 Å². The largest absolute Gasteiger partial charge is 0.377 e. The summed E-state index contributed by atoms with van der Waals surface area (Å²) < 4.78 is 5.37. The van der Waals surface area contributed by atoms with Crippen molar-refractivity contribution < 1.29 is 4.74 Å². The van der Waals surface area contributed by atoms with Crippen molar-refractivity contribution in [1.82, 2.24) is 10.6 Å². The molecule has 98 valence electrons. The zero-order valence-corrected chi connectivity index (χ0v) is 11.1. The van der Waals surface area contributed by atoms with Gasteiger partial charge in [-0.3, -0.25) is 4.99 Å². The predicted molar refractivity (Wildman–Crippen MR) is 73.5 cm³/mol. The Morgan fingerprint density at radius 1 is 1.33 bits per heavy atom. The van der Waals surface area contributed by atoms with Crippen molar-refractivity contribution in [2.75, 3.05) is 13.2 Å². The van der Waals surface area contributed by atoms with Crippen molar-refractivity contribution in [3.8, 4) is 0 Å². The first kappa shape index (κ1) is 12.9. The van der Waals surface area contributed by atoms with Crippen LogP contribution >= 0.6 is 0 Å². The van der Waals surface area contributed by atoms with Crippen LogP contribution in [-0.2, 0) is 17.9 Å². The molecule has 18 heavy (non-hydrogen) atoms. The Labute approximate surface area is 108 Å². The van der Waals surface area contributed by atoms with Crippen LogP contribution < -0.4 is 10.6 Å². The molecule has 1 unspecified atom stereocenters. The van der Waals surface area contributed by atoms with Crippen LogP contribution in [0, 0.1) is 0 Å². The summed E-state index contributed by atoms with van der Waals surface area (Å²) in [6.07, 6.45) is 0. The van der Waals surface area contributed by atoms with Gasteiger partial charge in [-0.15, -0.1) is 0 Å². The molecular weight excluding hydrogens is 226 g/mol. The Hall–Kier alpha value is -1.55. The fourth-order valence-electron chi connectivity index (χ4n) is 1.82. The summed E-state index contributed by atoms with van der Waals surface area (Å²) in [5.41, 5.74) is 2.46. The first-order chi connectivity index (χ1) is 8.78. The SMILES string of the molecule is CCOCc1ccc(CNC2=NCC(C)N2)cc1. The Morgan fingerprint density at radius 2 is 2.06 bits per heavy atom. The van der Waals surface area contributed by atoms with Gasteiger partial charge in [0.15, 0.2) is 5.96 Å². The van der Waals surface area contributed by atoms with E-state index in [0.29, 0.717) is 12.6 Å². The Morgan fingerprint density at radius 3 is 2.67 bits per heavy atom. The summed E-state index contributed by atoms with van der Waals surface area (Å²) in [6.45, 7) is 7.24. The van der Waals surface area contributed by atoms with Crippen LogP contribution in [0.2, 0.25) is 0 Å². The van der Waals surface area contributed by atoms with Crippen LogP contribution in [0.3, 0.4) is 0 Å². The Kier molecular flexibility index (Phi) is 4.59. The lowest BCUT2D eigenvalue weighted by atomic mass is 10.1. The molecule has 1 aromatic rings. The van der Waals surface area contributed by atoms with Gasteiger partial charge < -0.3 is 15.4 Å². The fraction of sp³-hybridized carbons (Fsp3) is 0.500. The van der Waals surface area contributed by atoms with E-state index in [9.17, 15) is 0 Å². The number of nitrogens with zero attached hydrogens (tertiary/aromatic N) is 1. The Bertz CT molecular complexity index is 400. The number of ether oxygens (including phenoxy) is 1. The van der Waals surface area contributed by atoms with E-state index in [1.54, 1.807) is 0 Å². The standard InChI is InChI=1S/C14H21N3O/c1-3-18-10-13-6-4-12(5-7-13)9-16-14-15-8-11(2)17-14/h4-7,11H,3,8-10H2,1-2H3,(H2,15,16,17). The lowest BCUT2D eigenvalue weighted by Gasteiger charge is -2.09. The third-order valence-electron chi connectivity index (χ3n) is 2.86.